The maximum atomic E-state index is 12.9. The first-order chi connectivity index (χ1) is 13.9. The topological polar surface area (TPSA) is 81.4 Å². The van der Waals surface area contributed by atoms with Crippen molar-refractivity contribution < 1.29 is 18.8 Å². The molecule has 0 aliphatic carbocycles. The second kappa shape index (κ2) is 9.21. The fraction of sp³-hybridized carbons (Fsp3) is 0.136. The maximum Gasteiger partial charge on any atom is 0.339 e. The van der Waals surface area contributed by atoms with Gasteiger partial charge in [0, 0.05) is 11.1 Å². The molecule has 1 N–H and O–H groups in total. The highest BCUT2D eigenvalue weighted by molar-refractivity contribution is 6.30. The number of hydrogen-bond acceptors (Lipinski definition) is 5. The number of esters is 1. The third-order valence-electron chi connectivity index (χ3n) is 4.02. The van der Waals surface area contributed by atoms with E-state index in [2.05, 4.69) is 10.5 Å². The number of amides is 1. The van der Waals surface area contributed by atoms with Crippen molar-refractivity contribution >= 4 is 40.9 Å². The lowest BCUT2D eigenvalue weighted by Crippen LogP contribution is -2.30. The molecule has 1 atom stereocenters. The zero-order valence-electron chi connectivity index (χ0n) is 15.9. The van der Waals surface area contributed by atoms with Crippen LogP contribution in [-0.4, -0.2) is 23.1 Å². The summed E-state index contributed by atoms with van der Waals surface area (Å²) < 4.78 is 10.3. The minimum absolute atomic E-state index is 0.258. The number of benzene rings is 2. The van der Waals surface area contributed by atoms with E-state index in [9.17, 15) is 9.59 Å². The highest BCUT2D eigenvalue weighted by atomic mass is 35.5. The van der Waals surface area contributed by atoms with Crippen LogP contribution in [0.4, 0.5) is 5.82 Å². The van der Waals surface area contributed by atoms with E-state index in [-0.39, 0.29) is 5.82 Å². The average molecular weight is 411 g/mol. The summed E-state index contributed by atoms with van der Waals surface area (Å²) in [7, 11) is 0. The Kier molecular flexibility index (Phi) is 6.46. The Morgan fingerprint density at radius 2 is 1.83 bits per heavy atom. The fourth-order valence-corrected chi connectivity index (χ4v) is 2.66. The second-order valence-corrected chi connectivity index (χ2v) is 6.77. The molecule has 0 saturated heterocycles. The number of nitrogens with zero attached hydrogens (tertiary/aromatic N) is 1. The van der Waals surface area contributed by atoms with Gasteiger partial charge in [0.25, 0.3) is 5.91 Å². The normalized spacial score (nSPS) is 12.3. The molecule has 0 bridgehead atoms. The molecule has 1 amide bonds. The molecule has 7 heteroatoms. The van der Waals surface area contributed by atoms with E-state index in [1.807, 2.05) is 30.3 Å². The van der Waals surface area contributed by atoms with E-state index < -0.39 is 18.0 Å². The Morgan fingerprint density at radius 1 is 1.14 bits per heavy atom. The van der Waals surface area contributed by atoms with Crippen LogP contribution in [0.2, 0.25) is 5.02 Å². The van der Waals surface area contributed by atoms with Crippen molar-refractivity contribution in [3.05, 3.63) is 82.6 Å². The van der Waals surface area contributed by atoms with Gasteiger partial charge in [0.1, 0.15) is 5.76 Å². The van der Waals surface area contributed by atoms with Crippen molar-refractivity contribution in [3.63, 3.8) is 0 Å². The van der Waals surface area contributed by atoms with Crippen molar-refractivity contribution in [2.24, 2.45) is 0 Å². The number of anilines is 1. The quantitative estimate of drug-likeness (QED) is 0.360. The molecule has 0 unspecified atom stereocenters. The van der Waals surface area contributed by atoms with Crippen LogP contribution in [0.15, 0.2) is 65.2 Å². The van der Waals surface area contributed by atoms with E-state index in [1.54, 1.807) is 43.3 Å². The molecule has 0 saturated carbocycles. The highest BCUT2D eigenvalue weighted by Crippen LogP contribution is 2.23. The number of rotatable bonds is 6. The summed E-state index contributed by atoms with van der Waals surface area (Å²) in [5, 5.41) is 6.79. The van der Waals surface area contributed by atoms with Gasteiger partial charge >= 0.3 is 5.97 Å². The van der Waals surface area contributed by atoms with Gasteiger partial charge in [-0.3, -0.25) is 4.79 Å². The monoisotopic (exact) mass is 410 g/mol. The highest BCUT2D eigenvalue weighted by Gasteiger charge is 2.22. The molecular weight excluding hydrogens is 392 g/mol. The summed E-state index contributed by atoms with van der Waals surface area (Å²) in [4.78, 5) is 25.2. The van der Waals surface area contributed by atoms with Gasteiger partial charge in [-0.2, -0.15) is 0 Å². The molecule has 2 aromatic carbocycles. The molecule has 0 radical (unpaired) electrons. The van der Waals surface area contributed by atoms with Crippen LogP contribution in [-0.2, 0) is 14.3 Å². The summed E-state index contributed by atoms with van der Waals surface area (Å²) in [5.41, 5.74) is 1.76. The molecule has 1 aromatic heterocycles. The largest absolute Gasteiger partial charge is 0.449 e. The maximum absolute atomic E-state index is 12.9. The first kappa shape index (κ1) is 20.4. The number of carbonyl (C=O) groups excluding carboxylic acids is 2. The Morgan fingerprint density at radius 3 is 2.45 bits per heavy atom. The lowest BCUT2D eigenvalue weighted by atomic mass is 10.0. The lowest BCUT2D eigenvalue weighted by Gasteiger charge is -2.14. The molecule has 0 fully saturated rings. The Balaban J connectivity index is 1.79. The summed E-state index contributed by atoms with van der Waals surface area (Å²) in [6.45, 7) is 3.20. The predicted molar refractivity (Wildman–Crippen MR) is 111 cm³/mol. The van der Waals surface area contributed by atoms with Crippen LogP contribution >= 0.6 is 11.6 Å². The summed E-state index contributed by atoms with van der Waals surface area (Å²) in [5.74, 6) is -0.328. The number of nitrogens with one attached hydrogen (secondary N) is 1. The van der Waals surface area contributed by atoms with Crippen molar-refractivity contribution in [1.29, 1.82) is 0 Å². The van der Waals surface area contributed by atoms with Crippen LogP contribution in [0.25, 0.3) is 11.6 Å². The van der Waals surface area contributed by atoms with E-state index >= 15 is 0 Å². The van der Waals surface area contributed by atoms with Crippen LogP contribution in [0.5, 0.6) is 0 Å². The van der Waals surface area contributed by atoms with Gasteiger partial charge in [0.15, 0.2) is 11.9 Å². The van der Waals surface area contributed by atoms with Crippen molar-refractivity contribution in [3.8, 4) is 0 Å². The summed E-state index contributed by atoms with van der Waals surface area (Å²) in [6, 6.07) is 17.7. The molecular formula is C22H19ClN2O4. The number of hydrogen-bond donors (Lipinski definition) is 1. The van der Waals surface area contributed by atoms with E-state index in [4.69, 9.17) is 20.9 Å². The Hall–Kier alpha value is -3.38. The van der Waals surface area contributed by atoms with Gasteiger partial charge in [0.05, 0.1) is 5.57 Å². The molecule has 3 aromatic rings. The number of aromatic nitrogens is 1. The Labute approximate surface area is 173 Å². The Bertz CT molecular complexity index is 1030. The summed E-state index contributed by atoms with van der Waals surface area (Å²) >= 11 is 5.96. The first-order valence-corrected chi connectivity index (χ1v) is 9.28. The predicted octanol–water partition coefficient (Wildman–Crippen LogP) is 4.75. The fourth-order valence-electron chi connectivity index (χ4n) is 2.54. The minimum Gasteiger partial charge on any atom is -0.449 e. The zero-order valence-corrected chi connectivity index (χ0v) is 16.6. The smallest absolute Gasteiger partial charge is 0.339 e. The van der Waals surface area contributed by atoms with Gasteiger partial charge in [0.2, 0.25) is 0 Å². The second-order valence-electron chi connectivity index (χ2n) is 6.34. The number of halogens is 1. The summed E-state index contributed by atoms with van der Waals surface area (Å²) in [6.07, 6.45) is 0.669. The van der Waals surface area contributed by atoms with Gasteiger partial charge in [-0.25, -0.2) is 4.79 Å². The minimum atomic E-state index is -1.04. The van der Waals surface area contributed by atoms with E-state index in [0.717, 1.165) is 5.56 Å². The molecule has 148 valence electrons. The third-order valence-corrected chi connectivity index (χ3v) is 4.27. The molecule has 0 aliphatic heterocycles. The van der Waals surface area contributed by atoms with Gasteiger partial charge in [-0.15, -0.1) is 0 Å². The third kappa shape index (κ3) is 5.56. The molecule has 29 heavy (non-hydrogen) atoms. The van der Waals surface area contributed by atoms with Gasteiger partial charge in [-0.1, -0.05) is 59.2 Å². The molecule has 0 aliphatic rings. The number of carbonyl (C=O) groups is 2. The number of aryl methyl sites for hydroxylation is 1. The van der Waals surface area contributed by atoms with Crippen LogP contribution in [0.1, 0.15) is 23.8 Å². The standard InChI is InChI=1S/C22H19ClN2O4/c1-14-12-20(25-29-14)24-21(26)15(2)28-22(27)19(13-16-6-4-3-5-7-16)17-8-10-18(23)11-9-17/h3-13,15H,1-2H3,(H,24,25,26)/b19-13+/t15-/m1/s1. The van der Waals surface area contributed by atoms with Crippen molar-refractivity contribution in [2.75, 3.05) is 5.32 Å². The van der Waals surface area contributed by atoms with Crippen molar-refractivity contribution in [1.82, 2.24) is 5.16 Å². The van der Waals surface area contributed by atoms with E-state index in [1.165, 1.54) is 6.92 Å². The molecule has 3 rings (SSSR count). The molecule has 1 heterocycles. The lowest BCUT2D eigenvalue weighted by molar-refractivity contribution is -0.147. The van der Waals surface area contributed by atoms with Crippen molar-refractivity contribution in [2.45, 2.75) is 20.0 Å². The van der Waals surface area contributed by atoms with Crippen LogP contribution in [0, 0.1) is 6.92 Å². The van der Waals surface area contributed by atoms with Gasteiger partial charge < -0.3 is 14.6 Å². The van der Waals surface area contributed by atoms with Crippen LogP contribution in [0.3, 0.4) is 0 Å². The SMILES string of the molecule is Cc1cc(NC(=O)[C@@H](C)OC(=O)/C(=C/c2ccccc2)c2ccc(Cl)cc2)no1. The average Bonchev–Trinajstić information content (AvgIpc) is 3.12. The van der Waals surface area contributed by atoms with E-state index in [0.29, 0.717) is 21.9 Å². The zero-order chi connectivity index (χ0) is 20.8. The number of ether oxygens (including phenoxy) is 1. The van der Waals surface area contributed by atoms with Crippen LogP contribution < -0.4 is 5.32 Å². The molecule has 0 spiro atoms. The first-order valence-electron chi connectivity index (χ1n) is 8.90. The van der Waals surface area contributed by atoms with Gasteiger partial charge in [-0.05, 0) is 43.2 Å². The molecule has 6 nitrogen and oxygen atoms in total.